The number of ether oxygens (including phenoxy) is 2. The lowest BCUT2D eigenvalue weighted by Crippen LogP contribution is -2.22. The van der Waals surface area contributed by atoms with Crippen molar-refractivity contribution in [2.24, 2.45) is 0 Å². The van der Waals surface area contributed by atoms with Crippen LogP contribution in [0.2, 0.25) is 0 Å². The summed E-state index contributed by atoms with van der Waals surface area (Å²) in [6, 6.07) is 19.3. The van der Waals surface area contributed by atoms with Crippen molar-refractivity contribution in [2.45, 2.75) is 44.7 Å². The van der Waals surface area contributed by atoms with Gasteiger partial charge in [0.25, 0.3) is 0 Å². The Kier molecular flexibility index (Phi) is 5.00. The molecule has 0 bridgehead atoms. The van der Waals surface area contributed by atoms with Crippen molar-refractivity contribution in [3.63, 3.8) is 0 Å². The molecule has 2 heterocycles. The third-order valence-corrected chi connectivity index (χ3v) is 6.94. The third-order valence-electron chi connectivity index (χ3n) is 5.00. The van der Waals surface area contributed by atoms with E-state index in [4.69, 9.17) is 9.47 Å². The summed E-state index contributed by atoms with van der Waals surface area (Å²) in [6.45, 7) is 3.71. The van der Waals surface area contributed by atoms with Gasteiger partial charge in [0, 0.05) is 12.8 Å². The number of benzene rings is 2. The molecular formula is C23H24O4S. The minimum absolute atomic E-state index is 0.336. The van der Waals surface area contributed by atoms with Crippen molar-refractivity contribution < 1.29 is 17.9 Å². The summed E-state index contributed by atoms with van der Waals surface area (Å²) in [6.07, 6.45) is 3.30. The second-order valence-corrected chi connectivity index (χ2v) is 9.71. The average molecular weight is 397 g/mol. The average Bonchev–Trinajstić information content (AvgIpc) is 2.91. The highest BCUT2D eigenvalue weighted by molar-refractivity contribution is 7.99. The van der Waals surface area contributed by atoms with Gasteiger partial charge in [-0.1, -0.05) is 60.7 Å². The van der Waals surface area contributed by atoms with E-state index in [0.717, 1.165) is 11.1 Å². The van der Waals surface area contributed by atoms with Crippen LogP contribution >= 0.6 is 0 Å². The molecule has 0 aliphatic carbocycles. The van der Waals surface area contributed by atoms with Crippen molar-refractivity contribution >= 4 is 9.84 Å². The first-order valence-electron chi connectivity index (χ1n) is 9.43. The molecule has 0 radical (unpaired) electrons. The highest BCUT2D eigenvalue weighted by Gasteiger charge is 2.43. The highest BCUT2D eigenvalue weighted by atomic mass is 32.2. The maximum Gasteiger partial charge on any atom is 0.199 e. The molecule has 0 amide bonds. The molecule has 0 N–H and O–H groups in total. The quantitative estimate of drug-likeness (QED) is 0.778. The largest absolute Gasteiger partial charge is 0.340 e. The van der Waals surface area contributed by atoms with Gasteiger partial charge in [0.15, 0.2) is 15.6 Å². The number of allylic oxidation sites excluding steroid dienone is 2. The Hall–Kier alpha value is -2.21. The Labute approximate surface area is 166 Å². The molecule has 5 heteroatoms. The fourth-order valence-corrected chi connectivity index (χ4v) is 5.37. The van der Waals surface area contributed by atoms with E-state index in [1.807, 2.05) is 74.5 Å². The lowest BCUT2D eigenvalue weighted by molar-refractivity contribution is -0.139. The van der Waals surface area contributed by atoms with Crippen LogP contribution in [-0.2, 0) is 32.2 Å². The molecule has 2 unspecified atom stereocenters. The van der Waals surface area contributed by atoms with E-state index < -0.39 is 27.8 Å². The van der Waals surface area contributed by atoms with Gasteiger partial charge in [-0.15, -0.1) is 0 Å². The summed E-state index contributed by atoms with van der Waals surface area (Å²) in [7, 11) is -3.61. The molecule has 0 aromatic heterocycles. The van der Waals surface area contributed by atoms with Gasteiger partial charge >= 0.3 is 0 Å². The summed E-state index contributed by atoms with van der Waals surface area (Å²) in [4.78, 5) is 0.740. The van der Waals surface area contributed by atoms with Crippen LogP contribution in [0.15, 0.2) is 82.6 Å². The fourth-order valence-electron chi connectivity index (χ4n) is 3.69. The smallest absolute Gasteiger partial charge is 0.199 e. The Morgan fingerprint density at radius 3 is 1.54 bits per heavy atom. The van der Waals surface area contributed by atoms with Crippen LogP contribution in [0.4, 0.5) is 0 Å². The van der Waals surface area contributed by atoms with Gasteiger partial charge in [0.05, 0.1) is 9.81 Å². The molecule has 146 valence electrons. The monoisotopic (exact) mass is 396 g/mol. The van der Waals surface area contributed by atoms with Crippen molar-refractivity contribution in [2.75, 3.05) is 0 Å². The van der Waals surface area contributed by atoms with E-state index in [0.29, 0.717) is 22.7 Å². The van der Waals surface area contributed by atoms with Gasteiger partial charge in [0.2, 0.25) is 0 Å². The summed E-state index contributed by atoms with van der Waals surface area (Å²) in [5.41, 5.74) is 1.90. The minimum atomic E-state index is -3.61. The second-order valence-electron chi connectivity index (χ2n) is 7.66. The Morgan fingerprint density at radius 1 is 0.750 bits per heavy atom. The van der Waals surface area contributed by atoms with Gasteiger partial charge in [-0.25, -0.2) is 8.42 Å². The summed E-state index contributed by atoms with van der Waals surface area (Å²) >= 11 is 0. The molecule has 0 saturated carbocycles. The van der Waals surface area contributed by atoms with Crippen molar-refractivity contribution in [1.82, 2.24) is 0 Å². The normalized spacial score (nSPS) is 25.4. The Balaban J connectivity index is 1.76. The Bertz CT molecular complexity index is 930. The maximum atomic E-state index is 13.5. The van der Waals surface area contributed by atoms with Gasteiger partial charge in [0.1, 0.15) is 12.2 Å². The second kappa shape index (κ2) is 7.32. The van der Waals surface area contributed by atoms with E-state index in [1.165, 1.54) is 0 Å². The SMILES string of the molecule is CC1(C)OC2C=C(Cc3ccccc3)S(=O)(=O)C(Cc3ccccc3)=CC2O1. The van der Waals surface area contributed by atoms with Crippen LogP contribution in [0.3, 0.4) is 0 Å². The first kappa shape index (κ1) is 19.1. The van der Waals surface area contributed by atoms with Crippen molar-refractivity contribution in [1.29, 1.82) is 0 Å². The molecule has 1 saturated heterocycles. The molecule has 2 aromatic rings. The lowest BCUT2D eigenvalue weighted by Gasteiger charge is -2.18. The molecule has 28 heavy (non-hydrogen) atoms. The van der Waals surface area contributed by atoms with E-state index in [2.05, 4.69) is 0 Å². The number of hydrogen-bond acceptors (Lipinski definition) is 4. The first-order valence-corrected chi connectivity index (χ1v) is 10.9. The van der Waals surface area contributed by atoms with Crippen LogP contribution < -0.4 is 0 Å². The Morgan fingerprint density at radius 2 is 1.14 bits per heavy atom. The molecule has 2 aliphatic rings. The molecule has 1 fully saturated rings. The highest BCUT2D eigenvalue weighted by Crippen LogP contribution is 2.37. The third kappa shape index (κ3) is 3.97. The summed E-state index contributed by atoms with van der Waals surface area (Å²) < 4.78 is 38.9. The van der Waals surface area contributed by atoms with E-state index in [1.54, 1.807) is 12.2 Å². The van der Waals surface area contributed by atoms with Gasteiger partial charge in [-0.3, -0.25) is 0 Å². The minimum Gasteiger partial charge on any atom is -0.340 e. The fraction of sp³-hybridized carbons (Fsp3) is 0.304. The molecule has 0 spiro atoms. The molecule has 2 aliphatic heterocycles. The summed E-state index contributed by atoms with van der Waals surface area (Å²) in [5.74, 6) is -0.751. The van der Waals surface area contributed by atoms with Crippen LogP contribution in [0.1, 0.15) is 25.0 Å². The zero-order valence-electron chi connectivity index (χ0n) is 16.0. The van der Waals surface area contributed by atoms with E-state index in [9.17, 15) is 8.42 Å². The van der Waals surface area contributed by atoms with Crippen LogP contribution in [0.25, 0.3) is 0 Å². The van der Waals surface area contributed by atoms with Crippen molar-refractivity contribution in [3.05, 3.63) is 93.8 Å². The lowest BCUT2D eigenvalue weighted by atomic mass is 10.1. The van der Waals surface area contributed by atoms with Crippen molar-refractivity contribution in [3.8, 4) is 0 Å². The van der Waals surface area contributed by atoms with Gasteiger partial charge in [-0.05, 0) is 37.1 Å². The van der Waals surface area contributed by atoms with Crippen LogP contribution in [0.5, 0.6) is 0 Å². The van der Waals surface area contributed by atoms with Crippen LogP contribution in [-0.4, -0.2) is 26.4 Å². The molecule has 4 rings (SSSR count). The molecule has 4 nitrogen and oxygen atoms in total. The predicted molar refractivity (Wildman–Crippen MR) is 109 cm³/mol. The maximum absolute atomic E-state index is 13.5. The number of fused-ring (bicyclic) bond motifs is 1. The topological polar surface area (TPSA) is 52.6 Å². The number of hydrogen-bond donors (Lipinski definition) is 0. The summed E-state index contributed by atoms with van der Waals surface area (Å²) in [5, 5.41) is 0. The predicted octanol–water partition coefficient (Wildman–Crippen LogP) is 4.19. The van der Waals surface area contributed by atoms with E-state index in [-0.39, 0.29) is 0 Å². The van der Waals surface area contributed by atoms with Crippen LogP contribution in [0, 0.1) is 0 Å². The number of sulfone groups is 1. The molecule has 2 atom stereocenters. The first-order chi connectivity index (χ1) is 13.3. The zero-order valence-corrected chi connectivity index (χ0v) is 16.9. The zero-order chi connectivity index (χ0) is 19.8. The van der Waals surface area contributed by atoms with Gasteiger partial charge in [-0.2, -0.15) is 0 Å². The number of rotatable bonds is 4. The van der Waals surface area contributed by atoms with E-state index >= 15 is 0 Å². The standard InChI is InChI=1S/C23H24O4S/c1-23(2)26-21-15-19(13-17-9-5-3-6-10-17)28(24,25)20(16-22(21)27-23)14-18-11-7-4-8-12-18/h3-12,15-16,21-22H,13-14H2,1-2H3. The molecular weight excluding hydrogens is 372 g/mol. The van der Waals surface area contributed by atoms with Gasteiger partial charge < -0.3 is 9.47 Å². The molecule has 2 aromatic carbocycles.